The normalized spacial score (nSPS) is 14.2. The summed E-state index contributed by atoms with van der Waals surface area (Å²) in [7, 11) is 0. The molecule has 1 atom stereocenters. The number of carbonyl (C=O) groups excluding carboxylic acids is 1. The summed E-state index contributed by atoms with van der Waals surface area (Å²) in [6, 6.07) is 24.1. The number of hydrogen-bond donors (Lipinski definition) is 2. The molecule has 3 aromatic rings. The van der Waals surface area contributed by atoms with Crippen molar-refractivity contribution in [2.75, 3.05) is 49.7 Å². The van der Waals surface area contributed by atoms with E-state index in [1.165, 1.54) is 11.3 Å². The highest BCUT2D eigenvalue weighted by atomic mass is 16.5. The molecule has 36 heavy (non-hydrogen) atoms. The number of carbonyl (C=O) groups is 1. The molecule has 3 aromatic carbocycles. The predicted octanol–water partition coefficient (Wildman–Crippen LogP) is 4.79. The van der Waals surface area contributed by atoms with E-state index in [4.69, 9.17) is 14.2 Å². The topological polar surface area (TPSA) is 72.1 Å². The van der Waals surface area contributed by atoms with Gasteiger partial charge < -0.3 is 29.7 Å². The third kappa shape index (κ3) is 7.23. The van der Waals surface area contributed by atoms with Crippen LogP contribution in [-0.4, -0.2) is 45.4 Å². The molecule has 0 saturated carbocycles. The smallest absolute Gasteiger partial charge is 0.262 e. The molecule has 1 saturated heterocycles. The highest BCUT2D eigenvalue weighted by Gasteiger charge is 2.13. The first-order chi connectivity index (χ1) is 17.6. The van der Waals surface area contributed by atoms with Gasteiger partial charge in [0.25, 0.3) is 5.91 Å². The number of ether oxygens (including phenoxy) is 3. The van der Waals surface area contributed by atoms with E-state index in [1.807, 2.05) is 55.5 Å². The van der Waals surface area contributed by atoms with Crippen molar-refractivity contribution in [3.8, 4) is 11.5 Å². The van der Waals surface area contributed by atoms with Crippen molar-refractivity contribution in [2.45, 2.75) is 26.4 Å². The zero-order valence-corrected chi connectivity index (χ0v) is 21.0. The zero-order chi connectivity index (χ0) is 25.2. The fourth-order valence-electron chi connectivity index (χ4n) is 4.10. The van der Waals surface area contributed by atoms with Crippen molar-refractivity contribution in [3.63, 3.8) is 0 Å². The number of amides is 1. The van der Waals surface area contributed by atoms with Gasteiger partial charge in [-0.05, 0) is 61.4 Å². The molecular weight excluding hydrogens is 454 g/mol. The molecule has 4 rings (SSSR count). The summed E-state index contributed by atoms with van der Waals surface area (Å²) >= 11 is 0. The molecule has 0 spiro atoms. The standard InChI is InChI=1S/C29H35N3O4/c1-3-35-28-19-23(9-14-27(28)36-21-29(33)31-25-7-5-4-6-8-25)20-30-22(2)24-10-12-26(13-11-24)32-15-17-34-18-16-32/h4-14,19,22,30H,3,15-18,20-21H2,1-2H3,(H,31,33). The van der Waals surface area contributed by atoms with Gasteiger partial charge in [0.2, 0.25) is 0 Å². The number of hydrogen-bond acceptors (Lipinski definition) is 6. The average Bonchev–Trinajstić information content (AvgIpc) is 2.92. The average molecular weight is 490 g/mol. The van der Waals surface area contributed by atoms with Crippen molar-refractivity contribution >= 4 is 17.3 Å². The van der Waals surface area contributed by atoms with E-state index < -0.39 is 0 Å². The summed E-state index contributed by atoms with van der Waals surface area (Å²) in [4.78, 5) is 14.6. The lowest BCUT2D eigenvalue weighted by Gasteiger charge is -2.29. The minimum absolute atomic E-state index is 0.0932. The Labute approximate surface area is 213 Å². The van der Waals surface area contributed by atoms with E-state index in [-0.39, 0.29) is 18.6 Å². The summed E-state index contributed by atoms with van der Waals surface area (Å²) in [5, 5.41) is 6.41. The van der Waals surface area contributed by atoms with Crippen LogP contribution < -0.4 is 25.0 Å². The summed E-state index contributed by atoms with van der Waals surface area (Å²) in [6.07, 6.45) is 0. The van der Waals surface area contributed by atoms with Crippen LogP contribution in [0.15, 0.2) is 72.8 Å². The quantitative estimate of drug-likeness (QED) is 0.404. The molecule has 1 amide bonds. The second-order valence-electron chi connectivity index (χ2n) is 8.71. The van der Waals surface area contributed by atoms with E-state index >= 15 is 0 Å². The Bertz CT molecular complexity index is 1100. The third-order valence-electron chi connectivity index (χ3n) is 6.11. The maximum atomic E-state index is 12.2. The summed E-state index contributed by atoms with van der Waals surface area (Å²) < 4.78 is 17.0. The van der Waals surface area contributed by atoms with E-state index in [2.05, 4.69) is 46.7 Å². The molecule has 2 N–H and O–H groups in total. The molecule has 0 bridgehead atoms. The molecule has 1 aliphatic rings. The first-order valence-electron chi connectivity index (χ1n) is 12.5. The number of para-hydroxylation sites is 1. The van der Waals surface area contributed by atoms with Gasteiger partial charge in [-0.15, -0.1) is 0 Å². The van der Waals surface area contributed by atoms with Gasteiger partial charge in [0.15, 0.2) is 18.1 Å². The fourth-order valence-corrected chi connectivity index (χ4v) is 4.10. The van der Waals surface area contributed by atoms with Crippen LogP contribution in [0.5, 0.6) is 11.5 Å². The molecule has 7 nitrogen and oxygen atoms in total. The molecule has 1 unspecified atom stereocenters. The van der Waals surface area contributed by atoms with Crippen LogP contribution in [0, 0.1) is 0 Å². The number of benzene rings is 3. The monoisotopic (exact) mass is 489 g/mol. The van der Waals surface area contributed by atoms with E-state index in [0.717, 1.165) is 37.6 Å². The summed E-state index contributed by atoms with van der Waals surface area (Å²) in [5.41, 5.74) is 4.30. The Balaban J connectivity index is 1.31. The molecule has 7 heteroatoms. The maximum absolute atomic E-state index is 12.2. The number of nitrogens with zero attached hydrogens (tertiary/aromatic N) is 1. The molecule has 0 aliphatic carbocycles. The van der Waals surface area contributed by atoms with Gasteiger partial charge in [0.1, 0.15) is 0 Å². The van der Waals surface area contributed by atoms with Gasteiger partial charge in [-0.3, -0.25) is 4.79 Å². The molecule has 190 valence electrons. The largest absolute Gasteiger partial charge is 0.490 e. The molecular formula is C29H35N3O4. The Morgan fingerprint density at radius 3 is 2.44 bits per heavy atom. The molecule has 1 aliphatic heterocycles. The molecule has 1 fully saturated rings. The van der Waals surface area contributed by atoms with Crippen molar-refractivity contribution in [3.05, 3.63) is 83.9 Å². The van der Waals surface area contributed by atoms with Gasteiger partial charge in [-0.1, -0.05) is 36.4 Å². The van der Waals surface area contributed by atoms with Crippen molar-refractivity contribution in [2.24, 2.45) is 0 Å². The SMILES string of the molecule is CCOc1cc(CNC(C)c2ccc(N3CCOCC3)cc2)ccc1OCC(=O)Nc1ccccc1. The Hall–Kier alpha value is -3.55. The second kappa shape index (κ2) is 13.0. The van der Waals surface area contributed by atoms with E-state index in [0.29, 0.717) is 24.7 Å². The van der Waals surface area contributed by atoms with E-state index in [9.17, 15) is 4.79 Å². The van der Waals surface area contributed by atoms with Crippen molar-refractivity contribution in [1.29, 1.82) is 0 Å². The third-order valence-corrected chi connectivity index (χ3v) is 6.11. The van der Waals surface area contributed by atoms with Crippen molar-refractivity contribution in [1.82, 2.24) is 5.32 Å². The van der Waals surface area contributed by atoms with Crippen LogP contribution in [0.3, 0.4) is 0 Å². The number of rotatable bonds is 11. The maximum Gasteiger partial charge on any atom is 0.262 e. The minimum Gasteiger partial charge on any atom is -0.490 e. The summed E-state index contributed by atoms with van der Waals surface area (Å²) in [5.74, 6) is 0.963. The highest BCUT2D eigenvalue weighted by molar-refractivity contribution is 5.91. The van der Waals surface area contributed by atoms with Gasteiger partial charge in [0.05, 0.1) is 19.8 Å². The first-order valence-corrected chi connectivity index (χ1v) is 12.5. The van der Waals surface area contributed by atoms with E-state index in [1.54, 1.807) is 0 Å². The lowest BCUT2D eigenvalue weighted by Crippen LogP contribution is -2.36. The second-order valence-corrected chi connectivity index (χ2v) is 8.71. The highest BCUT2D eigenvalue weighted by Crippen LogP contribution is 2.29. The predicted molar refractivity (Wildman–Crippen MR) is 143 cm³/mol. The molecule has 0 aromatic heterocycles. The summed E-state index contributed by atoms with van der Waals surface area (Å²) in [6.45, 7) is 8.64. The fraction of sp³-hybridized carbons (Fsp3) is 0.345. The zero-order valence-electron chi connectivity index (χ0n) is 21.0. The Morgan fingerprint density at radius 1 is 0.972 bits per heavy atom. The van der Waals surface area contributed by atoms with Crippen molar-refractivity contribution < 1.29 is 19.0 Å². The van der Waals surface area contributed by atoms with Crippen LogP contribution >= 0.6 is 0 Å². The molecule has 0 radical (unpaired) electrons. The minimum atomic E-state index is -0.220. The van der Waals surface area contributed by atoms with Gasteiger partial charge in [-0.2, -0.15) is 0 Å². The number of anilines is 2. The van der Waals surface area contributed by atoms with Crippen LogP contribution in [0.2, 0.25) is 0 Å². The number of nitrogens with one attached hydrogen (secondary N) is 2. The van der Waals surface area contributed by atoms with Gasteiger partial charge in [0, 0.05) is 37.1 Å². The van der Waals surface area contributed by atoms with Crippen LogP contribution in [-0.2, 0) is 16.1 Å². The molecule has 1 heterocycles. The lowest BCUT2D eigenvalue weighted by molar-refractivity contribution is -0.118. The van der Waals surface area contributed by atoms with Crippen LogP contribution in [0.25, 0.3) is 0 Å². The van der Waals surface area contributed by atoms with Gasteiger partial charge >= 0.3 is 0 Å². The lowest BCUT2D eigenvalue weighted by atomic mass is 10.1. The Kier molecular flexibility index (Phi) is 9.19. The van der Waals surface area contributed by atoms with Gasteiger partial charge in [-0.25, -0.2) is 0 Å². The Morgan fingerprint density at radius 2 is 1.72 bits per heavy atom. The number of morpholine rings is 1. The van der Waals surface area contributed by atoms with Crippen LogP contribution in [0.4, 0.5) is 11.4 Å². The van der Waals surface area contributed by atoms with Crippen LogP contribution in [0.1, 0.15) is 31.0 Å². The first kappa shape index (κ1) is 25.5.